The van der Waals surface area contributed by atoms with E-state index in [0.29, 0.717) is 26.1 Å². The number of amides is 2. The largest absolute Gasteiger partial charge is 0.438 e. The van der Waals surface area contributed by atoms with Crippen molar-refractivity contribution in [3.8, 4) is 0 Å². The lowest BCUT2D eigenvalue weighted by molar-refractivity contribution is -0.140. The van der Waals surface area contributed by atoms with Gasteiger partial charge in [-0.15, -0.1) is 0 Å². The summed E-state index contributed by atoms with van der Waals surface area (Å²) >= 11 is 0. The van der Waals surface area contributed by atoms with Crippen LogP contribution in [0.2, 0.25) is 6.82 Å². The summed E-state index contributed by atoms with van der Waals surface area (Å²) in [5.41, 5.74) is 1.19. The van der Waals surface area contributed by atoms with E-state index in [1.807, 2.05) is 42.2 Å². The number of carbonyl (C=O) groups is 2. The molecule has 0 aliphatic carbocycles. The smallest absolute Gasteiger partial charge is 0.365 e. The van der Waals surface area contributed by atoms with Crippen molar-refractivity contribution in [2.45, 2.75) is 57.3 Å². The third-order valence-electron chi connectivity index (χ3n) is 6.23. The minimum atomic E-state index is -0.763. The molecule has 3 heterocycles. The zero-order chi connectivity index (χ0) is 22.0. The van der Waals surface area contributed by atoms with Crippen LogP contribution in [-0.4, -0.2) is 82.9 Å². The van der Waals surface area contributed by atoms with Gasteiger partial charge in [0.25, 0.3) is 7.41 Å². The molecule has 4 rings (SSSR count). The molecule has 11 heteroatoms. The molecule has 2 fully saturated rings. The van der Waals surface area contributed by atoms with E-state index in [0.717, 1.165) is 30.3 Å². The molecule has 0 radical (unpaired) electrons. The summed E-state index contributed by atoms with van der Waals surface area (Å²) in [6.07, 6.45) is 2.94. The monoisotopic (exact) mass is 426 g/mol. The number of carbonyl (C=O) groups excluding carboxylic acids is 2. The van der Waals surface area contributed by atoms with Crippen LogP contribution in [0.4, 0.5) is 4.79 Å². The topological polar surface area (TPSA) is 94.9 Å². The zero-order valence-electron chi connectivity index (χ0n) is 18.0. The van der Waals surface area contributed by atoms with E-state index >= 15 is 0 Å². The van der Waals surface area contributed by atoms with Gasteiger partial charge in [0.05, 0.1) is 24.0 Å². The average molecular weight is 426 g/mol. The van der Waals surface area contributed by atoms with Crippen LogP contribution in [0, 0.1) is 0 Å². The second-order valence-electron chi connectivity index (χ2n) is 8.80. The number of benzene rings is 1. The molecule has 9 nitrogen and oxygen atoms in total. The number of piperidine rings is 1. The Balaban J connectivity index is 1.37. The maximum absolute atomic E-state index is 13.0. The van der Waals surface area contributed by atoms with Gasteiger partial charge in [-0.2, -0.15) is 5.06 Å². The van der Waals surface area contributed by atoms with Gasteiger partial charge in [-0.05, 0) is 32.2 Å². The SMILES string of the molecule is CB(O)N(BC=O)C[C@@]1(C)CC([C@@H]2CCC3CN2C(=O)N3OCc2ccccc2)=NO1. The average Bonchev–Trinajstić information content (AvgIpc) is 3.25. The molecule has 1 unspecified atom stereocenters. The van der Waals surface area contributed by atoms with Crippen LogP contribution in [0.5, 0.6) is 0 Å². The van der Waals surface area contributed by atoms with Gasteiger partial charge < -0.3 is 24.3 Å². The maximum Gasteiger partial charge on any atom is 0.365 e. The first-order valence-corrected chi connectivity index (χ1v) is 10.8. The fourth-order valence-electron chi connectivity index (χ4n) is 4.62. The molecule has 2 bridgehead atoms. The molecule has 3 atom stereocenters. The number of hydroxylamine groups is 2. The molecule has 0 spiro atoms. The van der Waals surface area contributed by atoms with Gasteiger partial charge in [0.2, 0.25) is 0 Å². The fourth-order valence-corrected chi connectivity index (χ4v) is 4.62. The molecule has 31 heavy (non-hydrogen) atoms. The van der Waals surface area contributed by atoms with E-state index in [4.69, 9.17) is 9.68 Å². The summed E-state index contributed by atoms with van der Waals surface area (Å²) in [5.74, 6) is 0. The molecular formula is C20H28B2N4O5. The van der Waals surface area contributed by atoms with E-state index < -0.39 is 12.7 Å². The van der Waals surface area contributed by atoms with E-state index in [2.05, 4.69) is 5.16 Å². The zero-order valence-corrected chi connectivity index (χ0v) is 18.0. The summed E-state index contributed by atoms with van der Waals surface area (Å²) in [4.78, 5) is 37.4. The van der Waals surface area contributed by atoms with Gasteiger partial charge in [0.15, 0.2) is 5.60 Å². The van der Waals surface area contributed by atoms with Crippen LogP contribution < -0.4 is 0 Å². The molecule has 3 aliphatic heterocycles. The first kappa shape index (κ1) is 21.9. The second kappa shape index (κ2) is 9.02. The number of nitrogens with zero attached hydrogens (tertiary/aromatic N) is 4. The molecular weight excluding hydrogens is 398 g/mol. The number of hydrogen-bond acceptors (Lipinski definition) is 7. The molecule has 2 saturated heterocycles. The first-order chi connectivity index (χ1) is 14.9. The van der Waals surface area contributed by atoms with Crippen LogP contribution in [0.15, 0.2) is 35.5 Å². The molecule has 1 N–H and O–H groups in total. The molecule has 0 aromatic heterocycles. The Morgan fingerprint density at radius 3 is 2.90 bits per heavy atom. The fraction of sp³-hybridized carbons (Fsp3) is 0.550. The molecule has 0 saturated carbocycles. The van der Waals surface area contributed by atoms with Crippen molar-refractivity contribution in [3.63, 3.8) is 0 Å². The van der Waals surface area contributed by atoms with Crippen LogP contribution in [0.1, 0.15) is 31.7 Å². The van der Waals surface area contributed by atoms with Gasteiger partial charge in [-0.1, -0.05) is 35.5 Å². The quantitative estimate of drug-likeness (QED) is 0.466. The molecule has 1 aromatic carbocycles. The minimum Gasteiger partial charge on any atom is -0.438 e. The number of fused-ring (bicyclic) bond motifs is 2. The van der Waals surface area contributed by atoms with Crippen LogP contribution in [0.25, 0.3) is 0 Å². The second-order valence-corrected chi connectivity index (χ2v) is 8.80. The van der Waals surface area contributed by atoms with E-state index in [1.165, 1.54) is 5.06 Å². The highest BCUT2D eigenvalue weighted by molar-refractivity contribution is 6.73. The van der Waals surface area contributed by atoms with Crippen molar-refractivity contribution in [1.29, 1.82) is 0 Å². The summed E-state index contributed by atoms with van der Waals surface area (Å²) < 4.78 is 1.64. The Hall–Kier alpha value is -2.36. The van der Waals surface area contributed by atoms with Crippen LogP contribution in [0.3, 0.4) is 0 Å². The number of urea groups is 1. The normalized spacial score (nSPS) is 27.4. The van der Waals surface area contributed by atoms with Gasteiger partial charge in [-0.3, -0.25) is 4.84 Å². The Kier molecular flexibility index (Phi) is 6.36. The Morgan fingerprint density at radius 2 is 2.19 bits per heavy atom. The standard InChI is InChI=1S/C20H28B2N4O5/c1-20(13-25(21-14-27)22(2)29)10-17(23-31-20)18-9-8-16-11-24(18)19(28)26(16)30-12-15-6-4-3-5-7-15/h3-7,14,16,18,21,29H,8-13H2,1-2H3/t16?,18-,20+/m0/s1. The highest BCUT2D eigenvalue weighted by Crippen LogP contribution is 2.35. The predicted molar refractivity (Wildman–Crippen MR) is 118 cm³/mol. The lowest BCUT2D eigenvalue weighted by Crippen LogP contribution is -2.51. The lowest BCUT2D eigenvalue weighted by atomic mass is 9.72. The van der Waals surface area contributed by atoms with Gasteiger partial charge in [0, 0.05) is 19.5 Å². The predicted octanol–water partition coefficient (Wildman–Crippen LogP) is 0.876. The van der Waals surface area contributed by atoms with Gasteiger partial charge in [0.1, 0.15) is 6.61 Å². The van der Waals surface area contributed by atoms with E-state index in [9.17, 15) is 14.6 Å². The van der Waals surface area contributed by atoms with Crippen molar-refractivity contribution in [2.75, 3.05) is 13.1 Å². The van der Waals surface area contributed by atoms with Crippen molar-refractivity contribution in [3.05, 3.63) is 35.9 Å². The highest BCUT2D eigenvalue weighted by Gasteiger charge is 2.50. The summed E-state index contributed by atoms with van der Waals surface area (Å²) in [5, 5.41) is 15.8. The maximum atomic E-state index is 13.0. The van der Waals surface area contributed by atoms with Crippen LogP contribution >= 0.6 is 0 Å². The van der Waals surface area contributed by atoms with Crippen molar-refractivity contribution < 1.29 is 24.3 Å². The summed E-state index contributed by atoms with van der Waals surface area (Å²) in [6, 6.07) is 9.58. The first-order valence-electron chi connectivity index (χ1n) is 10.8. The molecule has 2 amide bonds. The van der Waals surface area contributed by atoms with Crippen molar-refractivity contribution in [1.82, 2.24) is 14.7 Å². The highest BCUT2D eigenvalue weighted by atomic mass is 16.7. The Morgan fingerprint density at radius 1 is 1.42 bits per heavy atom. The number of rotatable bonds is 9. The van der Waals surface area contributed by atoms with Crippen LogP contribution in [-0.2, 0) is 21.1 Å². The Labute approximate surface area is 183 Å². The molecule has 1 aromatic rings. The number of oxime groups is 1. The molecule has 3 aliphatic rings. The third kappa shape index (κ3) is 4.63. The number of hydrogen-bond donors (Lipinski definition) is 1. The summed E-state index contributed by atoms with van der Waals surface area (Å²) in [6.45, 7) is 4.87. The molecule has 164 valence electrons. The third-order valence-corrected chi connectivity index (χ3v) is 6.23. The van der Waals surface area contributed by atoms with E-state index in [1.54, 1.807) is 11.5 Å². The lowest BCUT2D eigenvalue weighted by Gasteiger charge is -2.32. The minimum absolute atomic E-state index is 0.0417. The Bertz CT molecular complexity index is 842. The van der Waals surface area contributed by atoms with Gasteiger partial charge >= 0.3 is 13.1 Å². The summed E-state index contributed by atoms with van der Waals surface area (Å²) in [7, 11) is -0.643. The van der Waals surface area contributed by atoms with E-state index in [-0.39, 0.29) is 25.5 Å². The van der Waals surface area contributed by atoms with Gasteiger partial charge in [-0.25, -0.2) is 4.79 Å². The van der Waals surface area contributed by atoms with Crippen molar-refractivity contribution >= 4 is 32.4 Å². The van der Waals surface area contributed by atoms with Crippen molar-refractivity contribution in [2.24, 2.45) is 5.16 Å².